The van der Waals surface area contributed by atoms with Crippen LogP contribution in [0.5, 0.6) is 11.5 Å². The minimum atomic E-state index is -0.562. The van der Waals surface area contributed by atoms with Crippen molar-refractivity contribution in [3.63, 3.8) is 0 Å². The molecule has 29 heavy (non-hydrogen) atoms. The van der Waals surface area contributed by atoms with E-state index in [-0.39, 0.29) is 22.0 Å². The summed E-state index contributed by atoms with van der Waals surface area (Å²) in [5.41, 5.74) is 0.795. The molecule has 2 aromatic carbocycles. The molecule has 2 aromatic rings. The van der Waals surface area contributed by atoms with Crippen molar-refractivity contribution >= 4 is 40.6 Å². The summed E-state index contributed by atoms with van der Waals surface area (Å²) in [5.74, 6) is 0.105. The van der Waals surface area contributed by atoms with Gasteiger partial charge in [0.05, 0.1) is 24.7 Å². The Morgan fingerprint density at radius 3 is 2.52 bits per heavy atom. The number of thioether (sulfide) groups is 1. The molecule has 1 saturated heterocycles. The Morgan fingerprint density at radius 2 is 1.83 bits per heavy atom. The summed E-state index contributed by atoms with van der Waals surface area (Å²) in [6.45, 7) is 4.48. The fourth-order valence-corrected chi connectivity index (χ4v) is 3.85. The van der Waals surface area contributed by atoms with Crippen molar-refractivity contribution < 1.29 is 23.5 Å². The topological polar surface area (TPSA) is 55.8 Å². The van der Waals surface area contributed by atoms with Crippen LogP contribution in [0.1, 0.15) is 25.0 Å². The first-order chi connectivity index (χ1) is 13.9. The predicted molar refractivity (Wildman–Crippen MR) is 112 cm³/mol. The van der Waals surface area contributed by atoms with Crippen LogP contribution in [-0.2, 0) is 11.3 Å². The average Bonchev–Trinajstić information content (AvgIpc) is 2.94. The maximum absolute atomic E-state index is 14.0. The number of nitrogens with zero attached hydrogens (tertiary/aromatic N) is 1. The van der Waals surface area contributed by atoms with E-state index in [1.165, 1.54) is 18.2 Å². The Bertz CT molecular complexity index is 959. The molecule has 5 nitrogen and oxygen atoms in total. The van der Waals surface area contributed by atoms with E-state index in [2.05, 4.69) is 0 Å². The minimum Gasteiger partial charge on any atom is -0.490 e. The van der Waals surface area contributed by atoms with E-state index in [1.807, 2.05) is 13.8 Å². The number of benzene rings is 2. The summed E-state index contributed by atoms with van der Waals surface area (Å²) in [4.78, 5) is 26.3. The van der Waals surface area contributed by atoms with Gasteiger partial charge in [0.25, 0.3) is 11.1 Å². The molecular weight excluding hydrogens is 417 g/mol. The van der Waals surface area contributed by atoms with Gasteiger partial charge in [-0.25, -0.2) is 4.39 Å². The number of hydrogen-bond acceptors (Lipinski definition) is 5. The molecular formula is C21H19ClFNO4S. The van der Waals surface area contributed by atoms with Crippen LogP contribution in [0.25, 0.3) is 6.08 Å². The molecule has 0 atom stereocenters. The second-order valence-corrected chi connectivity index (χ2v) is 7.44. The van der Waals surface area contributed by atoms with Crippen molar-refractivity contribution in [3.8, 4) is 11.5 Å². The van der Waals surface area contributed by atoms with Gasteiger partial charge in [-0.1, -0.05) is 23.7 Å². The van der Waals surface area contributed by atoms with Crippen molar-refractivity contribution in [3.05, 3.63) is 63.3 Å². The van der Waals surface area contributed by atoms with Gasteiger partial charge in [0, 0.05) is 10.6 Å². The largest absolute Gasteiger partial charge is 0.490 e. The molecule has 0 spiro atoms. The standard InChI is InChI=1S/C21H19ClFNO4S/c1-3-27-17-9-8-13(10-18(17)28-4-2)11-19-20(25)24(21(26)29-19)12-14-15(22)6-5-7-16(14)23/h5-11H,3-4,12H2,1-2H3/b19-11-. The number of imide groups is 1. The zero-order valence-electron chi connectivity index (χ0n) is 15.9. The van der Waals surface area contributed by atoms with Crippen LogP contribution in [0.15, 0.2) is 41.3 Å². The Morgan fingerprint density at radius 1 is 1.10 bits per heavy atom. The molecule has 152 valence electrons. The maximum atomic E-state index is 14.0. The third kappa shape index (κ3) is 4.74. The van der Waals surface area contributed by atoms with E-state index >= 15 is 0 Å². The highest BCUT2D eigenvalue weighted by Crippen LogP contribution is 2.36. The monoisotopic (exact) mass is 435 g/mol. The quantitative estimate of drug-likeness (QED) is 0.536. The number of carbonyl (C=O) groups excluding carboxylic acids is 2. The third-order valence-corrected chi connectivity index (χ3v) is 5.38. The molecule has 0 aromatic heterocycles. The maximum Gasteiger partial charge on any atom is 0.293 e. The SMILES string of the molecule is CCOc1ccc(/C=C2\SC(=O)N(Cc3c(F)cccc3Cl)C2=O)cc1OCC. The van der Waals surface area contributed by atoms with E-state index in [4.69, 9.17) is 21.1 Å². The number of ether oxygens (including phenoxy) is 2. The Labute approximate surface area is 177 Å². The summed E-state index contributed by atoms with van der Waals surface area (Å²) < 4.78 is 25.2. The molecule has 0 N–H and O–H groups in total. The van der Waals surface area contributed by atoms with Gasteiger partial charge in [0.2, 0.25) is 0 Å². The zero-order chi connectivity index (χ0) is 21.0. The molecule has 1 aliphatic rings. The van der Waals surface area contributed by atoms with Crippen molar-refractivity contribution in [2.75, 3.05) is 13.2 Å². The Balaban J connectivity index is 1.85. The highest BCUT2D eigenvalue weighted by Gasteiger charge is 2.35. The van der Waals surface area contributed by atoms with Crippen molar-refractivity contribution in [1.29, 1.82) is 0 Å². The molecule has 8 heteroatoms. The van der Waals surface area contributed by atoms with Crippen LogP contribution in [0.3, 0.4) is 0 Å². The van der Waals surface area contributed by atoms with Crippen molar-refractivity contribution in [1.82, 2.24) is 4.90 Å². The molecule has 0 saturated carbocycles. The molecule has 1 aliphatic heterocycles. The van der Waals surface area contributed by atoms with E-state index in [9.17, 15) is 14.0 Å². The second kappa shape index (κ2) is 9.33. The second-order valence-electron chi connectivity index (χ2n) is 6.04. The number of amides is 2. The van der Waals surface area contributed by atoms with E-state index in [1.54, 1.807) is 24.3 Å². The smallest absolute Gasteiger partial charge is 0.293 e. The fourth-order valence-electron chi connectivity index (χ4n) is 2.79. The van der Waals surface area contributed by atoms with Crippen LogP contribution in [0.2, 0.25) is 5.02 Å². The highest BCUT2D eigenvalue weighted by atomic mass is 35.5. The first-order valence-corrected chi connectivity index (χ1v) is 10.2. The summed E-state index contributed by atoms with van der Waals surface area (Å²) in [6.07, 6.45) is 1.60. The van der Waals surface area contributed by atoms with Crippen LogP contribution in [0, 0.1) is 5.82 Å². The number of rotatable bonds is 7. The van der Waals surface area contributed by atoms with Gasteiger partial charge >= 0.3 is 0 Å². The van der Waals surface area contributed by atoms with Crippen LogP contribution in [-0.4, -0.2) is 29.3 Å². The normalized spacial score (nSPS) is 15.3. The summed E-state index contributed by atoms with van der Waals surface area (Å²) in [5, 5.41) is -0.308. The zero-order valence-corrected chi connectivity index (χ0v) is 17.5. The lowest BCUT2D eigenvalue weighted by Crippen LogP contribution is -2.28. The summed E-state index contributed by atoms with van der Waals surface area (Å²) in [7, 11) is 0. The molecule has 0 radical (unpaired) electrons. The third-order valence-electron chi connectivity index (χ3n) is 4.12. The minimum absolute atomic E-state index is 0.109. The highest BCUT2D eigenvalue weighted by molar-refractivity contribution is 8.18. The van der Waals surface area contributed by atoms with E-state index in [0.29, 0.717) is 30.3 Å². The molecule has 1 fully saturated rings. The van der Waals surface area contributed by atoms with Gasteiger partial charge in [-0.05, 0) is 61.5 Å². The first-order valence-electron chi connectivity index (χ1n) is 9.02. The Kier molecular flexibility index (Phi) is 6.82. The molecule has 2 amide bonds. The number of halogens is 2. The van der Waals surface area contributed by atoms with Crippen molar-refractivity contribution in [2.24, 2.45) is 0 Å². The van der Waals surface area contributed by atoms with Crippen molar-refractivity contribution in [2.45, 2.75) is 20.4 Å². The number of hydrogen-bond donors (Lipinski definition) is 0. The summed E-state index contributed by atoms with van der Waals surface area (Å²) >= 11 is 6.82. The molecule has 0 unspecified atom stereocenters. The molecule has 3 rings (SSSR count). The van der Waals surface area contributed by atoms with Gasteiger partial charge < -0.3 is 9.47 Å². The molecule has 0 aliphatic carbocycles. The van der Waals surface area contributed by atoms with Crippen LogP contribution >= 0.6 is 23.4 Å². The van der Waals surface area contributed by atoms with Gasteiger partial charge in [0.1, 0.15) is 5.82 Å². The lowest BCUT2D eigenvalue weighted by Gasteiger charge is -2.14. The molecule has 1 heterocycles. The lowest BCUT2D eigenvalue weighted by molar-refractivity contribution is -0.123. The first kappa shape index (κ1) is 21.2. The summed E-state index contributed by atoms with van der Waals surface area (Å²) in [6, 6.07) is 9.50. The van der Waals surface area contributed by atoms with E-state index in [0.717, 1.165) is 16.7 Å². The lowest BCUT2D eigenvalue weighted by atomic mass is 10.1. The van der Waals surface area contributed by atoms with Gasteiger partial charge in [-0.3, -0.25) is 14.5 Å². The number of carbonyl (C=O) groups is 2. The van der Waals surface area contributed by atoms with Crippen LogP contribution < -0.4 is 9.47 Å². The predicted octanol–water partition coefficient (Wildman–Crippen LogP) is 5.51. The van der Waals surface area contributed by atoms with Gasteiger partial charge in [0.15, 0.2) is 11.5 Å². The van der Waals surface area contributed by atoms with Gasteiger partial charge in [-0.15, -0.1) is 0 Å². The van der Waals surface area contributed by atoms with E-state index < -0.39 is 17.0 Å². The van der Waals surface area contributed by atoms with Crippen LogP contribution in [0.4, 0.5) is 9.18 Å². The molecule has 0 bridgehead atoms. The fraction of sp³-hybridized carbons (Fsp3) is 0.238. The average molecular weight is 436 g/mol. The Hall–Kier alpha value is -2.51. The van der Waals surface area contributed by atoms with Gasteiger partial charge in [-0.2, -0.15) is 0 Å².